The van der Waals surface area contributed by atoms with Crippen LogP contribution in [0.5, 0.6) is 0 Å². The number of hydrogen-bond donors (Lipinski definition) is 1. The average Bonchev–Trinajstić information content (AvgIpc) is 3.22. The number of carbonyl (C=O) groups excluding carboxylic acids is 1. The zero-order valence-electron chi connectivity index (χ0n) is 12.6. The van der Waals surface area contributed by atoms with Crippen LogP contribution in [0.2, 0.25) is 10.0 Å². The summed E-state index contributed by atoms with van der Waals surface area (Å²) in [6.07, 6.45) is 0.588. The van der Waals surface area contributed by atoms with Gasteiger partial charge in [0, 0.05) is 25.6 Å². The van der Waals surface area contributed by atoms with Crippen LogP contribution in [-0.2, 0) is 19.7 Å². The Morgan fingerprint density at radius 1 is 1.41 bits per heavy atom. The third-order valence-corrected chi connectivity index (χ3v) is 5.74. The van der Waals surface area contributed by atoms with Gasteiger partial charge in [-0.2, -0.15) is 0 Å². The summed E-state index contributed by atoms with van der Waals surface area (Å²) in [4.78, 5) is 12.6. The van der Waals surface area contributed by atoms with E-state index >= 15 is 0 Å². The van der Waals surface area contributed by atoms with Gasteiger partial charge in [0.2, 0.25) is 0 Å². The number of ether oxygens (including phenoxy) is 2. The third kappa shape index (κ3) is 2.08. The molecule has 120 valence electrons. The van der Waals surface area contributed by atoms with Crippen molar-refractivity contribution in [3.63, 3.8) is 0 Å². The lowest BCUT2D eigenvalue weighted by atomic mass is 9.79. The molecule has 0 amide bonds. The van der Waals surface area contributed by atoms with Crippen molar-refractivity contribution in [2.45, 2.75) is 24.9 Å². The van der Waals surface area contributed by atoms with Crippen molar-refractivity contribution in [1.82, 2.24) is 5.32 Å². The minimum atomic E-state index is -0.584. The first-order valence-electron chi connectivity index (χ1n) is 7.38. The van der Waals surface area contributed by atoms with E-state index in [1.807, 2.05) is 19.1 Å². The molecule has 1 aliphatic heterocycles. The fraction of sp³-hybridized carbons (Fsp3) is 0.562. The predicted octanol–water partition coefficient (Wildman–Crippen LogP) is 2.80. The zero-order valence-corrected chi connectivity index (χ0v) is 14.1. The summed E-state index contributed by atoms with van der Waals surface area (Å²) in [5.41, 5.74) is 0.00958. The Kier molecular flexibility index (Phi) is 4.14. The van der Waals surface area contributed by atoms with Gasteiger partial charge >= 0.3 is 5.97 Å². The van der Waals surface area contributed by atoms with Crippen LogP contribution in [0.4, 0.5) is 0 Å². The molecule has 1 aromatic carbocycles. The number of piperidine rings is 1. The Morgan fingerprint density at radius 3 is 2.82 bits per heavy atom. The van der Waals surface area contributed by atoms with Crippen LogP contribution in [0.15, 0.2) is 18.2 Å². The summed E-state index contributed by atoms with van der Waals surface area (Å²) < 4.78 is 11.0. The summed E-state index contributed by atoms with van der Waals surface area (Å²) in [7, 11) is 1.67. The molecule has 1 saturated heterocycles. The highest BCUT2D eigenvalue weighted by Crippen LogP contribution is 2.69. The van der Waals surface area contributed by atoms with E-state index in [2.05, 4.69) is 5.32 Å². The summed E-state index contributed by atoms with van der Waals surface area (Å²) in [5.74, 6) is -0.171. The fourth-order valence-electron chi connectivity index (χ4n) is 3.88. The molecule has 0 aromatic heterocycles. The molecule has 3 unspecified atom stereocenters. The maximum Gasteiger partial charge on any atom is 0.314 e. The van der Waals surface area contributed by atoms with Gasteiger partial charge in [-0.15, -0.1) is 0 Å². The van der Waals surface area contributed by atoms with E-state index in [-0.39, 0.29) is 12.1 Å². The largest absolute Gasteiger partial charge is 0.465 e. The van der Waals surface area contributed by atoms with E-state index in [1.165, 1.54) is 0 Å². The lowest BCUT2D eigenvalue weighted by molar-refractivity contribution is -0.152. The normalized spacial score (nSPS) is 33.2. The number of methoxy groups -OCH3 is 1. The molecule has 3 rings (SSSR count). The number of rotatable bonds is 4. The lowest BCUT2D eigenvalue weighted by Crippen LogP contribution is -2.52. The zero-order chi connectivity index (χ0) is 16.0. The van der Waals surface area contributed by atoms with Gasteiger partial charge in [-0.05, 0) is 31.0 Å². The highest BCUT2D eigenvalue weighted by Gasteiger charge is 2.77. The molecule has 1 aromatic rings. The van der Waals surface area contributed by atoms with Crippen LogP contribution in [0.1, 0.15) is 18.9 Å². The molecule has 3 atom stereocenters. The van der Waals surface area contributed by atoms with Crippen molar-refractivity contribution in [2.24, 2.45) is 5.41 Å². The van der Waals surface area contributed by atoms with Gasteiger partial charge in [0.25, 0.3) is 0 Å². The minimum absolute atomic E-state index is 0.108. The van der Waals surface area contributed by atoms with Gasteiger partial charge in [-0.1, -0.05) is 29.3 Å². The van der Waals surface area contributed by atoms with Crippen molar-refractivity contribution in [3.05, 3.63) is 33.8 Å². The predicted molar refractivity (Wildman–Crippen MR) is 85.5 cm³/mol. The van der Waals surface area contributed by atoms with Crippen molar-refractivity contribution >= 4 is 29.2 Å². The summed E-state index contributed by atoms with van der Waals surface area (Å²) in [5, 5.41) is 4.29. The molecular weight excluding hydrogens is 325 g/mol. The van der Waals surface area contributed by atoms with E-state index in [0.717, 1.165) is 5.56 Å². The first-order chi connectivity index (χ1) is 10.5. The Morgan fingerprint density at radius 2 is 2.18 bits per heavy atom. The number of fused-ring (bicyclic) bond motifs is 1. The van der Waals surface area contributed by atoms with Gasteiger partial charge in [-0.3, -0.25) is 4.79 Å². The van der Waals surface area contributed by atoms with E-state index in [1.54, 1.807) is 13.2 Å². The maximum atomic E-state index is 12.6. The molecule has 6 heteroatoms. The number of carbonyl (C=O) groups is 1. The van der Waals surface area contributed by atoms with Gasteiger partial charge in [0.05, 0.1) is 28.2 Å². The second-order valence-electron chi connectivity index (χ2n) is 5.93. The maximum absolute atomic E-state index is 12.6. The van der Waals surface area contributed by atoms with Gasteiger partial charge in [-0.25, -0.2) is 0 Å². The summed E-state index contributed by atoms with van der Waals surface area (Å²) >= 11 is 12.2. The Balaban J connectivity index is 2.06. The van der Waals surface area contributed by atoms with Crippen molar-refractivity contribution < 1.29 is 14.3 Å². The molecular formula is C16H19Cl2NO3. The number of nitrogens with one attached hydrogen (secondary N) is 1. The second-order valence-corrected chi connectivity index (χ2v) is 6.75. The van der Waals surface area contributed by atoms with Gasteiger partial charge < -0.3 is 14.8 Å². The smallest absolute Gasteiger partial charge is 0.314 e. The summed E-state index contributed by atoms with van der Waals surface area (Å²) in [6.45, 7) is 3.47. The standard InChI is InChI=1S/C16H19Cl2NO3/c1-3-22-14(20)15-8-16(15,13(21-2)7-19-9-15)10-4-5-11(17)12(18)6-10/h4-6,13,19H,3,7-9H2,1-2H3. The first-order valence-corrected chi connectivity index (χ1v) is 8.13. The molecule has 1 saturated carbocycles. The van der Waals surface area contributed by atoms with Crippen LogP contribution in [-0.4, -0.2) is 38.9 Å². The number of esters is 1. The average molecular weight is 344 g/mol. The number of halogens is 2. The topological polar surface area (TPSA) is 47.6 Å². The molecule has 1 heterocycles. The van der Waals surface area contributed by atoms with E-state index in [0.29, 0.717) is 36.2 Å². The lowest BCUT2D eigenvalue weighted by Gasteiger charge is -2.36. The molecule has 2 fully saturated rings. The van der Waals surface area contributed by atoms with Gasteiger partial charge in [0.15, 0.2) is 0 Å². The molecule has 1 N–H and O–H groups in total. The Hall–Kier alpha value is -0.810. The van der Waals surface area contributed by atoms with E-state index in [4.69, 9.17) is 32.7 Å². The molecule has 0 spiro atoms. The highest BCUT2D eigenvalue weighted by atomic mass is 35.5. The van der Waals surface area contributed by atoms with Crippen LogP contribution >= 0.6 is 23.2 Å². The number of hydrogen-bond acceptors (Lipinski definition) is 4. The van der Waals surface area contributed by atoms with E-state index in [9.17, 15) is 4.79 Å². The molecule has 4 nitrogen and oxygen atoms in total. The van der Waals surface area contributed by atoms with Crippen molar-refractivity contribution in [3.8, 4) is 0 Å². The van der Waals surface area contributed by atoms with E-state index < -0.39 is 10.8 Å². The van der Waals surface area contributed by atoms with Crippen LogP contribution < -0.4 is 5.32 Å². The van der Waals surface area contributed by atoms with Crippen LogP contribution in [0, 0.1) is 5.41 Å². The third-order valence-electron chi connectivity index (χ3n) is 5.00. The molecule has 1 aliphatic carbocycles. The summed E-state index contributed by atoms with van der Waals surface area (Å²) in [6, 6.07) is 5.56. The second kappa shape index (κ2) is 5.68. The molecule has 0 bridgehead atoms. The molecule has 22 heavy (non-hydrogen) atoms. The Bertz CT molecular complexity index is 609. The van der Waals surface area contributed by atoms with Crippen LogP contribution in [0.3, 0.4) is 0 Å². The minimum Gasteiger partial charge on any atom is -0.465 e. The van der Waals surface area contributed by atoms with Crippen LogP contribution in [0.25, 0.3) is 0 Å². The van der Waals surface area contributed by atoms with Crippen molar-refractivity contribution in [2.75, 3.05) is 26.8 Å². The SMILES string of the molecule is CCOC(=O)C12CNCC(OC)C1(c1ccc(Cl)c(Cl)c1)C2. The number of benzene rings is 1. The first kappa shape index (κ1) is 16.1. The van der Waals surface area contributed by atoms with Crippen molar-refractivity contribution in [1.29, 1.82) is 0 Å². The van der Waals surface area contributed by atoms with Gasteiger partial charge in [0.1, 0.15) is 0 Å². The quantitative estimate of drug-likeness (QED) is 0.854. The Labute approximate surface area is 140 Å². The highest BCUT2D eigenvalue weighted by molar-refractivity contribution is 6.42. The monoisotopic (exact) mass is 343 g/mol. The fourth-order valence-corrected chi connectivity index (χ4v) is 4.18. The molecule has 0 radical (unpaired) electrons. The molecule has 2 aliphatic rings.